The zero-order valence-corrected chi connectivity index (χ0v) is 10.3. The maximum atomic E-state index is 5.89. The molecule has 2 aromatic carbocycles. The summed E-state index contributed by atoms with van der Waals surface area (Å²) in [6.07, 6.45) is 1.25. The van der Waals surface area contributed by atoms with E-state index in [-0.39, 0.29) is 0 Å². The molecule has 0 unspecified atom stereocenters. The summed E-state index contributed by atoms with van der Waals surface area (Å²) < 4.78 is 0. The van der Waals surface area contributed by atoms with Gasteiger partial charge in [-0.25, -0.2) is 0 Å². The number of benzene rings is 2. The monoisotopic (exact) mass is 220 g/mol. The second-order valence-electron chi connectivity index (χ2n) is 3.65. The van der Waals surface area contributed by atoms with Crippen molar-refractivity contribution in [1.29, 1.82) is 0 Å². The smallest absolute Gasteiger partial charge is 0.0412 e. The van der Waals surface area contributed by atoms with Crippen LogP contribution in [0.1, 0.15) is 25.8 Å². The van der Waals surface area contributed by atoms with Gasteiger partial charge in [0.1, 0.15) is 0 Å². The highest BCUT2D eigenvalue weighted by molar-refractivity contribution is 6.31. The molecule has 0 spiro atoms. The fourth-order valence-electron chi connectivity index (χ4n) is 1.40. The molecule has 0 N–H and O–H groups in total. The van der Waals surface area contributed by atoms with E-state index in [1.165, 1.54) is 22.8 Å². The van der Waals surface area contributed by atoms with Crippen molar-refractivity contribution in [2.24, 2.45) is 0 Å². The average Bonchev–Trinajstić information content (AvgIpc) is 2.21. The van der Waals surface area contributed by atoms with Crippen LogP contribution in [0.3, 0.4) is 0 Å². The van der Waals surface area contributed by atoms with E-state index in [9.17, 15) is 0 Å². The number of rotatable bonds is 0. The molecule has 0 saturated carbocycles. The molecular formula is C14H17Cl. The minimum Gasteiger partial charge on any atom is -0.0843 e. The molecule has 0 amide bonds. The van der Waals surface area contributed by atoms with Crippen LogP contribution in [-0.4, -0.2) is 0 Å². The van der Waals surface area contributed by atoms with E-state index in [0.717, 1.165) is 5.02 Å². The van der Waals surface area contributed by atoms with Gasteiger partial charge in [0.25, 0.3) is 0 Å². The molecule has 0 aliphatic heterocycles. The predicted molar refractivity (Wildman–Crippen MR) is 69.7 cm³/mol. The Labute approximate surface area is 96.9 Å². The molecule has 0 nitrogen and oxygen atoms in total. The van der Waals surface area contributed by atoms with Crippen molar-refractivity contribution >= 4 is 22.4 Å². The predicted octanol–water partition coefficient (Wildman–Crippen LogP) is 5.22. The summed E-state index contributed by atoms with van der Waals surface area (Å²) in [6.45, 7) is 6.35. The minimum atomic E-state index is 0.803. The summed E-state index contributed by atoms with van der Waals surface area (Å²) in [7, 11) is 0. The number of aryl methyl sites for hydroxylation is 1. The first-order valence-corrected chi connectivity index (χ1v) is 5.71. The molecule has 2 rings (SSSR count). The summed E-state index contributed by atoms with van der Waals surface area (Å²) in [5.74, 6) is 0. The molecule has 0 saturated heterocycles. The van der Waals surface area contributed by atoms with Crippen molar-refractivity contribution in [3.63, 3.8) is 0 Å². The van der Waals surface area contributed by atoms with E-state index in [2.05, 4.69) is 39.0 Å². The van der Waals surface area contributed by atoms with Crippen LogP contribution in [0.25, 0.3) is 10.8 Å². The lowest BCUT2D eigenvalue weighted by Crippen LogP contribution is -1.76. The second kappa shape index (κ2) is 5.77. The molecule has 1 heteroatoms. The standard InChI is InChI=1S/C11H9Cl.C3H8/c1-8-3-2-4-9-5-6-10(12)7-11(8)9;1-3-2/h2-7H,1H3;3H2,1-2H3. The Hall–Kier alpha value is -1.01. The number of fused-ring (bicyclic) bond motifs is 1. The average molecular weight is 221 g/mol. The Bertz CT molecular complexity index is 432. The molecule has 0 fully saturated rings. The normalized spacial score (nSPS) is 9.60. The summed E-state index contributed by atoms with van der Waals surface area (Å²) in [5, 5.41) is 3.29. The third-order valence-corrected chi connectivity index (χ3v) is 2.30. The molecule has 0 radical (unpaired) electrons. The fourth-order valence-corrected chi connectivity index (χ4v) is 1.57. The van der Waals surface area contributed by atoms with Crippen molar-refractivity contribution in [3.8, 4) is 0 Å². The van der Waals surface area contributed by atoms with Gasteiger partial charge in [0.05, 0.1) is 0 Å². The Morgan fingerprint density at radius 1 is 1.07 bits per heavy atom. The van der Waals surface area contributed by atoms with Gasteiger partial charge in [-0.1, -0.05) is 56.1 Å². The molecule has 0 atom stereocenters. The van der Waals surface area contributed by atoms with Gasteiger partial charge in [-0.05, 0) is 35.4 Å². The first-order valence-electron chi connectivity index (χ1n) is 5.34. The topological polar surface area (TPSA) is 0 Å². The van der Waals surface area contributed by atoms with Crippen LogP contribution in [0.4, 0.5) is 0 Å². The molecule has 80 valence electrons. The lowest BCUT2D eigenvalue weighted by Gasteiger charge is -2.00. The second-order valence-corrected chi connectivity index (χ2v) is 4.08. The van der Waals surface area contributed by atoms with E-state index in [0.29, 0.717) is 0 Å². The lowest BCUT2D eigenvalue weighted by molar-refractivity contribution is 1.09. The SMILES string of the molecule is CCC.Cc1cccc2ccc(Cl)cc12. The third-order valence-electron chi connectivity index (χ3n) is 2.06. The largest absolute Gasteiger partial charge is 0.0843 e. The minimum absolute atomic E-state index is 0.803. The van der Waals surface area contributed by atoms with E-state index in [4.69, 9.17) is 11.6 Å². The molecule has 2 aromatic rings. The quantitative estimate of drug-likeness (QED) is 0.571. The first kappa shape index (κ1) is 12.1. The molecule has 0 aliphatic carbocycles. The lowest BCUT2D eigenvalue weighted by atomic mass is 10.1. The van der Waals surface area contributed by atoms with Gasteiger partial charge in [0.15, 0.2) is 0 Å². The van der Waals surface area contributed by atoms with Crippen molar-refractivity contribution in [3.05, 3.63) is 47.0 Å². The summed E-state index contributed by atoms with van der Waals surface area (Å²) in [4.78, 5) is 0. The molecule has 15 heavy (non-hydrogen) atoms. The van der Waals surface area contributed by atoms with Gasteiger partial charge in [-0.15, -0.1) is 0 Å². The van der Waals surface area contributed by atoms with Crippen molar-refractivity contribution in [2.75, 3.05) is 0 Å². The molecule has 0 aliphatic rings. The van der Waals surface area contributed by atoms with Gasteiger partial charge in [0.2, 0.25) is 0 Å². The summed E-state index contributed by atoms with van der Waals surface area (Å²) in [6, 6.07) is 12.2. The highest BCUT2D eigenvalue weighted by atomic mass is 35.5. The highest BCUT2D eigenvalue weighted by Crippen LogP contribution is 2.21. The first-order chi connectivity index (χ1) is 7.19. The Morgan fingerprint density at radius 2 is 1.73 bits per heavy atom. The third kappa shape index (κ3) is 3.24. The highest BCUT2D eigenvalue weighted by Gasteiger charge is 1.96. The zero-order chi connectivity index (χ0) is 11.3. The Kier molecular flexibility index (Phi) is 4.64. The van der Waals surface area contributed by atoms with Gasteiger partial charge in [-0.2, -0.15) is 0 Å². The van der Waals surface area contributed by atoms with Crippen LogP contribution in [-0.2, 0) is 0 Å². The Balaban J connectivity index is 0.000000337. The van der Waals surface area contributed by atoms with Crippen LogP contribution in [0.5, 0.6) is 0 Å². The number of hydrogen-bond acceptors (Lipinski definition) is 0. The maximum absolute atomic E-state index is 5.89. The van der Waals surface area contributed by atoms with Crippen LogP contribution in [0, 0.1) is 6.92 Å². The van der Waals surface area contributed by atoms with Gasteiger partial charge < -0.3 is 0 Å². The summed E-state index contributed by atoms with van der Waals surface area (Å²) >= 11 is 5.89. The van der Waals surface area contributed by atoms with E-state index in [1.807, 2.05) is 18.2 Å². The van der Waals surface area contributed by atoms with Crippen LogP contribution < -0.4 is 0 Å². The Morgan fingerprint density at radius 3 is 2.40 bits per heavy atom. The van der Waals surface area contributed by atoms with Gasteiger partial charge >= 0.3 is 0 Å². The van der Waals surface area contributed by atoms with Crippen molar-refractivity contribution < 1.29 is 0 Å². The summed E-state index contributed by atoms with van der Waals surface area (Å²) in [5.41, 5.74) is 1.27. The molecule has 0 aromatic heterocycles. The molecular weight excluding hydrogens is 204 g/mol. The number of halogens is 1. The maximum Gasteiger partial charge on any atom is 0.0412 e. The number of hydrogen-bond donors (Lipinski definition) is 0. The van der Waals surface area contributed by atoms with Crippen molar-refractivity contribution in [2.45, 2.75) is 27.2 Å². The van der Waals surface area contributed by atoms with Crippen LogP contribution >= 0.6 is 11.6 Å². The van der Waals surface area contributed by atoms with Crippen molar-refractivity contribution in [1.82, 2.24) is 0 Å². The van der Waals surface area contributed by atoms with Gasteiger partial charge in [-0.3, -0.25) is 0 Å². The van der Waals surface area contributed by atoms with E-state index < -0.39 is 0 Å². The van der Waals surface area contributed by atoms with Gasteiger partial charge in [0, 0.05) is 5.02 Å². The van der Waals surface area contributed by atoms with E-state index >= 15 is 0 Å². The molecule has 0 heterocycles. The van der Waals surface area contributed by atoms with Crippen LogP contribution in [0.15, 0.2) is 36.4 Å². The fraction of sp³-hybridized carbons (Fsp3) is 0.286. The molecule has 0 bridgehead atoms. The zero-order valence-electron chi connectivity index (χ0n) is 9.55. The van der Waals surface area contributed by atoms with Crippen LogP contribution in [0.2, 0.25) is 5.02 Å². The van der Waals surface area contributed by atoms with E-state index in [1.54, 1.807) is 0 Å².